The van der Waals surface area contributed by atoms with Crippen molar-refractivity contribution in [2.75, 3.05) is 36.4 Å². The summed E-state index contributed by atoms with van der Waals surface area (Å²) in [5, 5.41) is 9.37. The van der Waals surface area contributed by atoms with E-state index in [1.807, 2.05) is 28.5 Å². The van der Waals surface area contributed by atoms with Crippen molar-refractivity contribution in [3.05, 3.63) is 29.7 Å². The summed E-state index contributed by atoms with van der Waals surface area (Å²) in [6.07, 6.45) is 4.79. The third kappa shape index (κ3) is 3.34. The first-order valence-electron chi connectivity index (χ1n) is 9.70. The van der Waals surface area contributed by atoms with Gasteiger partial charge >= 0.3 is 0 Å². The molecule has 28 heavy (non-hydrogen) atoms. The zero-order chi connectivity index (χ0) is 19.1. The van der Waals surface area contributed by atoms with Crippen LogP contribution in [0.25, 0.3) is 5.65 Å². The van der Waals surface area contributed by atoms with Crippen molar-refractivity contribution in [3.63, 3.8) is 0 Å². The first-order chi connectivity index (χ1) is 13.7. The molecule has 1 atom stereocenters. The molecule has 146 valence electrons. The second-order valence-electron chi connectivity index (χ2n) is 7.40. The maximum atomic E-state index is 12.6. The number of carbonyl (C=O) groups excluding carboxylic acids is 2. The third-order valence-electron chi connectivity index (χ3n) is 5.40. The molecular weight excluding hydrogens is 376 g/mol. The molecule has 0 spiro atoms. The van der Waals surface area contributed by atoms with Crippen LogP contribution in [0.2, 0.25) is 0 Å². The first-order valence-corrected chi connectivity index (χ1v) is 10.6. The molecule has 1 saturated heterocycles. The number of hydrogen-bond acceptors (Lipinski definition) is 6. The summed E-state index contributed by atoms with van der Waals surface area (Å²) in [6.45, 7) is 2.90. The summed E-state index contributed by atoms with van der Waals surface area (Å²) in [6, 6.07) is 5.83. The summed E-state index contributed by atoms with van der Waals surface area (Å²) in [5.74, 6) is 1.64. The van der Waals surface area contributed by atoms with Gasteiger partial charge in [-0.2, -0.15) is 9.50 Å². The minimum Gasteiger partial charge on any atom is -0.353 e. The predicted octanol–water partition coefficient (Wildman–Crippen LogP) is 1.75. The van der Waals surface area contributed by atoms with Crippen LogP contribution in [0, 0.1) is 5.92 Å². The highest BCUT2D eigenvalue weighted by Crippen LogP contribution is 2.30. The summed E-state index contributed by atoms with van der Waals surface area (Å²) in [5.41, 5.74) is 0.704. The maximum absolute atomic E-state index is 12.6. The van der Waals surface area contributed by atoms with E-state index in [0.29, 0.717) is 24.7 Å². The van der Waals surface area contributed by atoms with Gasteiger partial charge in [0.05, 0.1) is 5.25 Å². The minimum absolute atomic E-state index is 0.00357. The number of anilines is 2. The van der Waals surface area contributed by atoms with Crippen LogP contribution in [0.4, 0.5) is 11.8 Å². The van der Waals surface area contributed by atoms with Gasteiger partial charge in [-0.25, -0.2) is 0 Å². The highest BCUT2D eigenvalue weighted by atomic mass is 32.2. The number of allylic oxidation sites excluding steroid dienone is 1. The quantitative estimate of drug-likeness (QED) is 0.845. The van der Waals surface area contributed by atoms with Gasteiger partial charge in [0.25, 0.3) is 0 Å². The van der Waals surface area contributed by atoms with Crippen molar-refractivity contribution in [2.24, 2.45) is 5.92 Å². The lowest BCUT2D eigenvalue weighted by molar-refractivity contribution is -0.130. The molecule has 0 radical (unpaired) electrons. The molecule has 4 heterocycles. The number of nitrogens with zero attached hydrogens (tertiary/aromatic N) is 5. The van der Waals surface area contributed by atoms with Crippen molar-refractivity contribution in [2.45, 2.75) is 24.5 Å². The van der Waals surface area contributed by atoms with Crippen LogP contribution in [0.1, 0.15) is 19.3 Å². The molecule has 1 unspecified atom stereocenters. The fourth-order valence-electron chi connectivity index (χ4n) is 3.65. The standard InChI is InChI=1S/C19H22N6O2S/c26-17(13-6-7-13)21-19-20-15-4-1-5-16(25(15)22-19)23-8-10-24(11-9-23)18(27)14-3-2-12-28-14/h1-2,4-5,12-14H,3,6-11H2,(H,21,22,26). The van der Waals surface area contributed by atoms with Crippen molar-refractivity contribution in [1.82, 2.24) is 19.5 Å². The fourth-order valence-corrected chi connectivity index (χ4v) is 4.54. The normalized spacial score (nSPS) is 22.1. The molecular formula is C19H22N6O2S. The summed E-state index contributed by atoms with van der Waals surface area (Å²) < 4.78 is 1.77. The Balaban J connectivity index is 1.29. The smallest absolute Gasteiger partial charge is 0.249 e. The van der Waals surface area contributed by atoms with Gasteiger partial charge in [-0.3, -0.25) is 14.9 Å². The van der Waals surface area contributed by atoms with E-state index in [1.165, 1.54) is 0 Å². The Morgan fingerprint density at radius 1 is 1.14 bits per heavy atom. The van der Waals surface area contributed by atoms with E-state index in [-0.39, 0.29) is 23.0 Å². The second kappa shape index (κ2) is 7.12. The van der Waals surface area contributed by atoms with Gasteiger partial charge in [0, 0.05) is 32.1 Å². The Morgan fingerprint density at radius 2 is 1.96 bits per heavy atom. The van der Waals surface area contributed by atoms with E-state index in [2.05, 4.69) is 26.4 Å². The number of aromatic nitrogens is 3. The Bertz CT molecular complexity index is 937. The highest BCUT2D eigenvalue weighted by molar-refractivity contribution is 8.03. The first kappa shape index (κ1) is 17.5. The molecule has 2 aromatic heterocycles. The number of piperazine rings is 1. The number of thioether (sulfide) groups is 1. The Kier molecular flexibility index (Phi) is 4.46. The molecule has 1 aliphatic carbocycles. The summed E-state index contributed by atoms with van der Waals surface area (Å²) in [7, 11) is 0. The topological polar surface area (TPSA) is 82.8 Å². The number of carbonyl (C=O) groups is 2. The van der Waals surface area contributed by atoms with E-state index in [9.17, 15) is 9.59 Å². The maximum Gasteiger partial charge on any atom is 0.249 e. The molecule has 1 saturated carbocycles. The average molecular weight is 398 g/mol. The lowest BCUT2D eigenvalue weighted by Gasteiger charge is -2.36. The Morgan fingerprint density at radius 3 is 2.68 bits per heavy atom. The van der Waals surface area contributed by atoms with Gasteiger partial charge in [-0.05, 0) is 36.8 Å². The number of nitrogens with one attached hydrogen (secondary N) is 1. The van der Waals surface area contributed by atoms with Gasteiger partial charge in [0.2, 0.25) is 17.8 Å². The molecule has 1 N–H and O–H groups in total. The molecule has 9 heteroatoms. The number of fused-ring (bicyclic) bond motifs is 1. The molecule has 2 amide bonds. The SMILES string of the molecule is O=C(Nc1nc2cccc(N3CCN(C(=O)C4CC=CS4)CC3)n2n1)C1CC1. The van der Waals surface area contributed by atoms with Gasteiger partial charge in [-0.1, -0.05) is 12.1 Å². The summed E-state index contributed by atoms with van der Waals surface area (Å²) >= 11 is 1.61. The van der Waals surface area contributed by atoms with Crippen LogP contribution in [0.15, 0.2) is 29.7 Å². The van der Waals surface area contributed by atoms with E-state index in [1.54, 1.807) is 16.3 Å². The largest absolute Gasteiger partial charge is 0.353 e. The lowest BCUT2D eigenvalue weighted by atomic mass is 10.2. The van der Waals surface area contributed by atoms with E-state index in [4.69, 9.17) is 0 Å². The van der Waals surface area contributed by atoms with Crippen LogP contribution in [-0.4, -0.2) is 62.7 Å². The Hall–Kier alpha value is -2.55. The highest BCUT2D eigenvalue weighted by Gasteiger charge is 2.31. The van der Waals surface area contributed by atoms with Crippen LogP contribution >= 0.6 is 11.8 Å². The number of pyridine rings is 1. The van der Waals surface area contributed by atoms with Gasteiger partial charge in [-0.15, -0.1) is 16.9 Å². The third-order valence-corrected chi connectivity index (χ3v) is 6.48. The number of amides is 2. The molecule has 8 nitrogen and oxygen atoms in total. The van der Waals surface area contributed by atoms with Crippen LogP contribution < -0.4 is 10.2 Å². The van der Waals surface area contributed by atoms with E-state index < -0.39 is 0 Å². The molecule has 5 rings (SSSR count). The van der Waals surface area contributed by atoms with Crippen molar-refractivity contribution in [1.29, 1.82) is 0 Å². The predicted molar refractivity (Wildman–Crippen MR) is 108 cm³/mol. The monoisotopic (exact) mass is 398 g/mol. The zero-order valence-electron chi connectivity index (χ0n) is 15.5. The molecule has 2 aromatic rings. The number of hydrogen-bond donors (Lipinski definition) is 1. The molecule has 0 aromatic carbocycles. The van der Waals surface area contributed by atoms with Crippen LogP contribution in [-0.2, 0) is 9.59 Å². The number of rotatable bonds is 4. The molecule has 2 fully saturated rings. The minimum atomic E-state index is 0.00357. The fraction of sp³-hybridized carbons (Fsp3) is 0.474. The average Bonchev–Trinajstić information content (AvgIpc) is 3.27. The van der Waals surface area contributed by atoms with Gasteiger partial charge < -0.3 is 9.80 Å². The summed E-state index contributed by atoms with van der Waals surface area (Å²) in [4.78, 5) is 33.2. The van der Waals surface area contributed by atoms with E-state index in [0.717, 1.165) is 38.2 Å². The zero-order valence-corrected chi connectivity index (χ0v) is 16.3. The second-order valence-corrected chi connectivity index (χ2v) is 8.51. The molecule has 0 bridgehead atoms. The molecule has 2 aliphatic heterocycles. The lowest BCUT2D eigenvalue weighted by Crippen LogP contribution is -2.51. The van der Waals surface area contributed by atoms with Crippen LogP contribution in [0.5, 0.6) is 0 Å². The van der Waals surface area contributed by atoms with Crippen molar-refractivity contribution >= 4 is 41.0 Å². The van der Waals surface area contributed by atoms with Crippen molar-refractivity contribution < 1.29 is 9.59 Å². The van der Waals surface area contributed by atoms with E-state index >= 15 is 0 Å². The Labute approximate surface area is 167 Å². The van der Waals surface area contributed by atoms with Gasteiger partial charge in [0.15, 0.2) is 5.65 Å². The van der Waals surface area contributed by atoms with Gasteiger partial charge in [0.1, 0.15) is 5.82 Å². The van der Waals surface area contributed by atoms with Crippen molar-refractivity contribution in [3.8, 4) is 0 Å². The molecule has 3 aliphatic rings. The van der Waals surface area contributed by atoms with Crippen LogP contribution in [0.3, 0.4) is 0 Å².